The van der Waals surface area contributed by atoms with E-state index in [1.807, 2.05) is 6.92 Å². The summed E-state index contributed by atoms with van der Waals surface area (Å²) in [4.78, 5) is 21.8. The number of fused-ring (bicyclic) bond motifs is 2. The van der Waals surface area contributed by atoms with Crippen LogP contribution in [0.15, 0.2) is 24.3 Å². The number of ether oxygens (including phenoxy) is 2. The number of hydrogen-bond acceptors (Lipinski definition) is 4. The van der Waals surface area contributed by atoms with Gasteiger partial charge in [0.05, 0.1) is 17.7 Å². The standard InChI is InChI=1S/C21H21F2N3O3/c1-4-26(3)21(27)12-7-15-20(25-11(2)24-15)18(8-12)29-16-5-6-28-17-10-13(22)9-14(23)19(16)17/h7-10,16H,4-6H2,1-3H3,(H,24,25)/t16-/m0/s1. The molecule has 2 heterocycles. The maximum Gasteiger partial charge on any atom is 0.253 e. The largest absolute Gasteiger partial charge is 0.493 e. The van der Waals surface area contributed by atoms with Gasteiger partial charge in [-0.2, -0.15) is 0 Å². The van der Waals surface area contributed by atoms with E-state index in [2.05, 4.69) is 9.97 Å². The zero-order valence-electron chi connectivity index (χ0n) is 16.4. The number of amides is 1. The molecule has 0 bridgehead atoms. The van der Waals surface area contributed by atoms with Gasteiger partial charge in [0.2, 0.25) is 0 Å². The van der Waals surface area contributed by atoms with Crippen LogP contribution in [-0.4, -0.2) is 41.0 Å². The van der Waals surface area contributed by atoms with Crippen molar-refractivity contribution in [2.24, 2.45) is 0 Å². The maximum absolute atomic E-state index is 14.5. The molecule has 0 saturated carbocycles. The van der Waals surface area contributed by atoms with Gasteiger partial charge in [0.25, 0.3) is 5.91 Å². The van der Waals surface area contributed by atoms with Crippen molar-refractivity contribution in [2.45, 2.75) is 26.4 Å². The molecule has 6 nitrogen and oxygen atoms in total. The molecular weight excluding hydrogens is 380 g/mol. The van der Waals surface area contributed by atoms with E-state index in [4.69, 9.17) is 9.47 Å². The fourth-order valence-corrected chi connectivity index (χ4v) is 3.47. The fourth-order valence-electron chi connectivity index (χ4n) is 3.47. The van der Waals surface area contributed by atoms with Gasteiger partial charge in [-0.05, 0) is 26.0 Å². The van der Waals surface area contributed by atoms with E-state index in [-0.39, 0.29) is 23.8 Å². The first-order valence-electron chi connectivity index (χ1n) is 9.41. The number of aromatic nitrogens is 2. The number of imidazole rings is 1. The average molecular weight is 401 g/mol. The molecule has 29 heavy (non-hydrogen) atoms. The molecule has 0 saturated heterocycles. The topological polar surface area (TPSA) is 67.5 Å². The summed E-state index contributed by atoms with van der Waals surface area (Å²) in [6.07, 6.45) is -0.304. The second-order valence-corrected chi connectivity index (χ2v) is 7.06. The van der Waals surface area contributed by atoms with Crippen molar-refractivity contribution in [3.63, 3.8) is 0 Å². The Hall–Kier alpha value is -3.16. The predicted octanol–water partition coefficient (Wildman–Crippen LogP) is 4.14. The van der Waals surface area contributed by atoms with Gasteiger partial charge in [0.1, 0.15) is 40.6 Å². The van der Waals surface area contributed by atoms with Crippen LogP contribution >= 0.6 is 0 Å². The molecule has 1 N–H and O–H groups in total. The Morgan fingerprint density at radius 1 is 1.34 bits per heavy atom. The van der Waals surface area contributed by atoms with E-state index >= 15 is 0 Å². The molecule has 8 heteroatoms. The van der Waals surface area contributed by atoms with Gasteiger partial charge >= 0.3 is 0 Å². The van der Waals surface area contributed by atoms with Crippen molar-refractivity contribution >= 4 is 16.9 Å². The van der Waals surface area contributed by atoms with Crippen LogP contribution in [0.5, 0.6) is 11.5 Å². The van der Waals surface area contributed by atoms with Gasteiger partial charge in [-0.15, -0.1) is 0 Å². The Bertz CT molecular complexity index is 1100. The summed E-state index contributed by atoms with van der Waals surface area (Å²) in [7, 11) is 1.71. The molecule has 1 amide bonds. The smallest absolute Gasteiger partial charge is 0.253 e. The van der Waals surface area contributed by atoms with Crippen molar-refractivity contribution < 1.29 is 23.0 Å². The number of H-pyrrole nitrogens is 1. The molecule has 3 aromatic rings. The number of rotatable bonds is 4. The average Bonchev–Trinajstić information content (AvgIpc) is 3.06. The highest BCUT2D eigenvalue weighted by Gasteiger charge is 2.29. The van der Waals surface area contributed by atoms with Crippen LogP contribution in [0, 0.1) is 18.6 Å². The van der Waals surface area contributed by atoms with Gasteiger partial charge in [0.15, 0.2) is 0 Å². The minimum Gasteiger partial charge on any atom is -0.493 e. The number of nitrogens with zero attached hydrogens (tertiary/aromatic N) is 2. The van der Waals surface area contributed by atoms with Crippen LogP contribution in [0.1, 0.15) is 41.2 Å². The lowest BCUT2D eigenvalue weighted by Gasteiger charge is -2.27. The van der Waals surface area contributed by atoms with Crippen LogP contribution in [0.3, 0.4) is 0 Å². The number of aromatic amines is 1. The van der Waals surface area contributed by atoms with Crippen LogP contribution < -0.4 is 9.47 Å². The highest BCUT2D eigenvalue weighted by atomic mass is 19.1. The van der Waals surface area contributed by atoms with E-state index in [1.165, 1.54) is 0 Å². The molecule has 0 spiro atoms. The van der Waals surface area contributed by atoms with Gasteiger partial charge in [-0.1, -0.05) is 0 Å². The number of halogens is 2. The SMILES string of the molecule is CCN(C)C(=O)c1cc(O[C@H]2CCOc3cc(F)cc(F)c32)c2nc(C)[nH]c2c1. The van der Waals surface area contributed by atoms with Crippen molar-refractivity contribution in [3.05, 3.63) is 52.9 Å². The summed E-state index contributed by atoms with van der Waals surface area (Å²) < 4.78 is 39.6. The molecule has 0 unspecified atom stereocenters. The predicted molar refractivity (Wildman–Crippen MR) is 103 cm³/mol. The third-order valence-electron chi connectivity index (χ3n) is 5.02. The molecule has 1 aliphatic heterocycles. The van der Waals surface area contributed by atoms with Gasteiger partial charge in [-0.3, -0.25) is 4.79 Å². The van der Waals surface area contributed by atoms with Gasteiger partial charge < -0.3 is 19.4 Å². The van der Waals surface area contributed by atoms with Gasteiger partial charge in [0, 0.05) is 37.7 Å². The zero-order chi connectivity index (χ0) is 20.7. The Kier molecular flexibility index (Phi) is 4.86. The molecular formula is C21H21F2N3O3. The highest BCUT2D eigenvalue weighted by Crippen LogP contribution is 2.39. The van der Waals surface area contributed by atoms with E-state index in [0.717, 1.165) is 12.1 Å². The second kappa shape index (κ2) is 7.35. The number of carbonyl (C=O) groups excluding carboxylic acids is 1. The van der Waals surface area contributed by atoms with E-state index < -0.39 is 17.7 Å². The highest BCUT2D eigenvalue weighted by molar-refractivity contribution is 5.99. The molecule has 0 radical (unpaired) electrons. The van der Waals surface area contributed by atoms with Crippen molar-refractivity contribution in [3.8, 4) is 11.5 Å². The fraction of sp³-hybridized carbons (Fsp3) is 0.333. The quantitative estimate of drug-likeness (QED) is 0.713. The van der Waals surface area contributed by atoms with E-state index in [9.17, 15) is 13.6 Å². The first-order valence-corrected chi connectivity index (χ1v) is 9.41. The molecule has 152 valence electrons. The molecule has 1 aromatic heterocycles. The Balaban J connectivity index is 1.78. The zero-order valence-corrected chi connectivity index (χ0v) is 16.4. The molecule has 4 rings (SSSR count). The lowest BCUT2D eigenvalue weighted by Crippen LogP contribution is -2.26. The number of hydrogen-bond donors (Lipinski definition) is 1. The van der Waals surface area contributed by atoms with Crippen LogP contribution in [-0.2, 0) is 0 Å². The Labute approximate surface area is 166 Å². The van der Waals surface area contributed by atoms with Crippen molar-refractivity contribution in [1.82, 2.24) is 14.9 Å². The Morgan fingerprint density at radius 3 is 2.90 bits per heavy atom. The first kappa shape index (κ1) is 19.2. The maximum atomic E-state index is 14.5. The number of benzene rings is 2. The summed E-state index contributed by atoms with van der Waals surface area (Å²) in [5.41, 5.74) is 1.81. The second-order valence-electron chi connectivity index (χ2n) is 7.06. The molecule has 2 aromatic carbocycles. The first-order chi connectivity index (χ1) is 13.9. The van der Waals surface area contributed by atoms with E-state index in [1.54, 1.807) is 31.0 Å². The van der Waals surface area contributed by atoms with Crippen molar-refractivity contribution in [1.29, 1.82) is 0 Å². The third-order valence-corrected chi connectivity index (χ3v) is 5.02. The van der Waals surface area contributed by atoms with Gasteiger partial charge in [-0.25, -0.2) is 13.8 Å². The minimum absolute atomic E-state index is 0.131. The molecule has 1 atom stereocenters. The lowest BCUT2D eigenvalue weighted by molar-refractivity contribution is 0.0801. The summed E-state index contributed by atoms with van der Waals surface area (Å²) in [6, 6.07) is 5.31. The number of nitrogens with one attached hydrogen (secondary N) is 1. The number of carbonyl (C=O) groups is 1. The third kappa shape index (κ3) is 3.50. The Morgan fingerprint density at radius 2 is 2.14 bits per heavy atom. The van der Waals surface area contributed by atoms with Crippen LogP contribution in [0.25, 0.3) is 11.0 Å². The normalized spacial score (nSPS) is 15.7. The molecule has 1 aliphatic rings. The summed E-state index contributed by atoms with van der Waals surface area (Å²) in [5.74, 6) is -0.432. The van der Waals surface area contributed by atoms with Crippen LogP contribution in [0.4, 0.5) is 8.78 Å². The van der Waals surface area contributed by atoms with E-state index in [0.29, 0.717) is 41.1 Å². The van der Waals surface area contributed by atoms with Crippen LogP contribution in [0.2, 0.25) is 0 Å². The number of aryl methyl sites for hydroxylation is 1. The minimum atomic E-state index is -0.725. The molecule has 0 aliphatic carbocycles. The monoisotopic (exact) mass is 401 g/mol. The molecule has 0 fully saturated rings. The summed E-state index contributed by atoms with van der Waals surface area (Å²) in [6.45, 7) is 4.50. The summed E-state index contributed by atoms with van der Waals surface area (Å²) in [5, 5.41) is 0. The summed E-state index contributed by atoms with van der Waals surface area (Å²) >= 11 is 0. The lowest BCUT2D eigenvalue weighted by atomic mass is 10.0. The van der Waals surface area contributed by atoms with Crippen molar-refractivity contribution in [2.75, 3.05) is 20.2 Å².